The molecule has 116 valence electrons. The number of rotatable bonds is 5. The molecule has 2 atom stereocenters. The molecule has 2 rings (SSSR count). The first-order valence-corrected chi connectivity index (χ1v) is 8.67. The molecular weight excluding hydrogens is 284 g/mol. The van der Waals surface area contributed by atoms with Crippen molar-refractivity contribution in [3.8, 4) is 0 Å². The van der Waals surface area contributed by atoms with Gasteiger partial charge in [0.15, 0.2) is 0 Å². The van der Waals surface area contributed by atoms with Crippen LogP contribution in [0, 0.1) is 5.92 Å². The maximum absolute atomic E-state index is 12.5. The highest BCUT2D eigenvalue weighted by molar-refractivity contribution is 7.98. The Balaban J connectivity index is 1.99. The van der Waals surface area contributed by atoms with E-state index < -0.39 is 0 Å². The Labute approximate surface area is 130 Å². The highest BCUT2D eigenvalue weighted by Gasteiger charge is 2.27. The molecule has 1 amide bonds. The van der Waals surface area contributed by atoms with Crippen LogP contribution in [-0.2, 0) is 4.79 Å². The molecule has 1 aromatic carbocycles. The predicted octanol–water partition coefficient (Wildman–Crippen LogP) is 2.44. The summed E-state index contributed by atoms with van der Waals surface area (Å²) >= 11 is 1.63. The van der Waals surface area contributed by atoms with E-state index in [2.05, 4.69) is 10.2 Å². The summed E-state index contributed by atoms with van der Waals surface area (Å²) in [6.07, 6.45) is 4.10. The third-order valence-electron chi connectivity index (χ3n) is 4.10. The van der Waals surface area contributed by atoms with E-state index >= 15 is 0 Å². The van der Waals surface area contributed by atoms with Crippen LogP contribution >= 0.6 is 11.8 Å². The number of nitrogens with zero attached hydrogens (tertiary/aromatic N) is 1. The number of thioether (sulfide) groups is 1. The quantitative estimate of drug-likeness (QED) is 0.820. The van der Waals surface area contributed by atoms with Gasteiger partial charge in [0, 0.05) is 18.0 Å². The summed E-state index contributed by atoms with van der Waals surface area (Å²) in [5.41, 5.74) is 0.873. The molecule has 0 aromatic heterocycles. The normalized spacial score (nSPS) is 21.0. The Morgan fingerprint density at radius 3 is 3.00 bits per heavy atom. The van der Waals surface area contributed by atoms with Crippen LogP contribution in [0.5, 0.6) is 0 Å². The second-order valence-electron chi connectivity index (χ2n) is 5.55. The number of hydrogen-bond donors (Lipinski definition) is 2. The van der Waals surface area contributed by atoms with E-state index in [1.165, 1.54) is 0 Å². The molecule has 1 heterocycles. The number of hydrogen-bond acceptors (Lipinski definition) is 4. The fourth-order valence-corrected chi connectivity index (χ4v) is 3.30. The summed E-state index contributed by atoms with van der Waals surface area (Å²) < 4.78 is 0. The minimum atomic E-state index is -0.172. The van der Waals surface area contributed by atoms with Crippen molar-refractivity contribution in [2.24, 2.45) is 5.92 Å². The van der Waals surface area contributed by atoms with Crippen molar-refractivity contribution in [1.82, 2.24) is 4.90 Å². The monoisotopic (exact) mass is 308 g/mol. The third kappa shape index (κ3) is 4.22. The van der Waals surface area contributed by atoms with Crippen LogP contribution in [0.4, 0.5) is 5.69 Å². The molecule has 0 saturated carbocycles. The van der Waals surface area contributed by atoms with Gasteiger partial charge in [-0.2, -0.15) is 0 Å². The first-order valence-electron chi connectivity index (χ1n) is 7.44. The van der Waals surface area contributed by atoms with Crippen LogP contribution in [0.25, 0.3) is 0 Å². The lowest BCUT2D eigenvalue weighted by atomic mass is 9.97. The maximum Gasteiger partial charge on any atom is 0.241 e. The highest BCUT2D eigenvalue weighted by atomic mass is 32.2. The van der Waals surface area contributed by atoms with Crippen LogP contribution < -0.4 is 5.32 Å². The number of amides is 1. The summed E-state index contributed by atoms with van der Waals surface area (Å²) in [4.78, 5) is 15.7. The first-order chi connectivity index (χ1) is 10.2. The SMILES string of the molecule is CSc1ccccc1NC(=O)C(C)N1CCCC(CO)C1. The average Bonchev–Trinajstić information content (AvgIpc) is 2.54. The first kappa shape index (κ1) is 16.3. The van der Waals surface area contributed by atoms with Gasteiger partial charge >= 0.3 is 0 Å². The molecule has 21 heavy (non-hydrogen) atoms. The molecule has 1 aromatic rings. The summed E-state index contributed by atoms with van der Waals surface area (Å²) in [7, 11) is 0. The number of carbonyl (C=O) groups is 1. The van der Waals surface area contributed by atoms with Crippen LogP contribution in [-0.4, -0.2) is 47.9 Å². The number of para-hydroxylation sites is 1. The molecule has 1 aliphatic heterocycles. The molecule has 0 radical (unpaired) electrons. The lowest BCUT2D eigenvalue weighted by Gasteiger charge is -2.35. The number of nitrogens with one attached hydrogen (secondary N) is 1. The van der Waals surface area contributed by atoms with Crippen molar-refractivity contribution >= 4 is 23.4 Å². The molecular formula is C16H24N2O2S. The minimum absolute atomic E-state index is 0.0232. The summed E-state index contributed by atoms with van der Waals surface area (Å²) in [6.45, 7) is 3.88. The van der Waals surface area contributed by atoms with E-state index in [4.69, 9.17) is 0 Å². The molecule has 0 bridgehead atoms. The average molecular weight is 308 g/mol. The molecule has 1 fully saturated rings. The highest BCUT2D eigenvalue weighted by Crippen LogP contribution is 2.25. The van der Waals surface area contributed by atoms with Gasteiger partial charge in [0.25, 0.3) is 0 Å². The number of likely N-dealkylation sites (tertiary alicyclic amines) is 1. The molecule has 5 heteroatoms. The second kappa shape index (κ2) is 7.82. The van der Waals surface area contributed by atoms with E-state index in [1.807, 2.05) is 37.4 Å². The molecule has 0 aliphatic carbocycles. The van der Waals surface area contributed by atoms with Gasteiger partial charge in [-0.3, -0.25) is 9.69 Å². The summed E-state index contributed by atoms with van der Waals surface area (Å²) in [5.74, 6) is 0.322. The van der Waals surface area contributed by atoms with Gasteiger partial charge in [0.05, 0.1) is 11.7 Å². The van der Waals surface area contributed by atoms with E-state index in [0.717, 1.165) is 36.5 Å². The Morgan fingerprint density at radius 1 is 1.52 bits per heavy atom. The Kier molecular flexibility index (Phi) is 6.08. The number of carbonyl (C=O) groups excluding carboxylic acids is 1. The zero-order valence-electron chi connectivity index (χ0n) is 12.7. The lowest BCUT2D eigenvalue weighted by Crippen LogP contribution is -2.47. The summed E-state index contributed by atoms with van der Waals surface area (Å²) in [6, 6.07) is 7.68. The van der Waals surface area contributed by atoms with Gasteiger partial charge in [-0.1, -0.05) is 12.1 Å². The lowest BCUT2D eigenvalue weighted by molar-refractivity contribution is -0.121. The molecule has 2 unspecified atom stereocenters. The van der Waals surface area contributed by atoms with Gasteiger partial charge in [0.1, 0.15) is 0 Å². The van der Waals surface area contributed by atoms with Crippen molar-refractivity contribution in [2.75, 3.05) is 31.3 Å². The molecule has 2 N–H and O–H groups in total. The van der Waals surface area contributed by atoms with Crippen molar-refractivity contribution in [3.63, 3.8) is 0 Å². The number of anilines is 1. The number of aliphatic hydroxyl groups excluding tert-OH is 1. The maximum atomic E-state index is 12.5. The van der Waals surface area contributed by atoms with E-state index in [-0.39, 0.29) is 18.6 Å². The van der Waals surface area contributed by atoms with E-state index in [1.54, 1.807) is 11.8 Å². The fraction of sp³-hybridized carbons (Fsp3) is 0.562. The number of piperidine rings is 1. The second-order valence-corrected chi connectivity index (χ2v) is 6.40. The van der Waals surface area contributed by atoms with Gasteiger partial charge in [-0.25, -0.2) is 0 Å². The van der Waals surface area contributed by atoms with Crippen molar-refractivity contribution in [1.29, 1.82) is 0 Å². The standard InChI is InChI=1S/C16H24N2O2S/c1-12(18-9-5-6-13(10-18)11-19)16(20)17-14-7-3-4-8-15(14)21-2/h3-4,7-8,12-13,19H,5-6,9-11H2,1-2H3,(H,17,20). The molecule has 1 saturated heterocycles. The smallest absolute Gasteiger partial charge is 0.241 e. The van der Waals surface area contributed by atoms with E-state index in [0.29, 0.717) is 5.92 Å². The largest absolute Gasteiger partial charge is 0.396 e. The van der Waals surface area contributed by atoms with Gasteiger partial charge in [-0.05, 0) is 50.6 Å². The number of benzene rings is 1. The number of aliphatic hydroxyl groups is 1. The third-order valence-corrected chi connectivity index (χ3v) is 4.90. The summed E-state index contributed by atoms with van der Waals surface area (Å²) in [5, 5.41) is 12.3. The minimum Gasteiger partial charge on any atom is -0.396 e. The van der Waals surface area contributed by atoms with Crippen molar-refractivity contribution < 1.29 is 9.90 Å². The van der Waals surface area contributed by atoms with Crippen LogP contribution in [0.3, 0.4) is 0 Å². The van der Waals surface area contributed by atoms with Crippen molar-refractivity contribution in [3.05, 3.63) is 24.3 Å². The zero-order valence-corrected chi connectivity index (χ0v) is 13.5. The van der Waals surface area contributed by atoms with Crippen LogP contribution in [0.2, 0.25) is 0 Å². The predicted molar refractivity (Wildman–Crippen MR) is 87.7 cm³/mol. The Hall–Kier alpha value is -1.04. The van der Waals surface area contributed by atoms with Crippen molar-refractivity contribution in [2.45, 2.75) is 30.7 Å². The Bertz CT molecular complexity index is 481. The fourth-order valence-electron chi connectivity index (χ4n) is 2.75. The Morgan fingerprint density at radius 2 is 2.29 bits per heavy atom. The molecule has 0 spiro atoms. The topological polar surface area (TPSA) is 52.6 Å². The van der Waals surface area contributed by atoms with Gasteiger partial charge in [0.2, 0.25) is 5.91 Å². The van der Waals surface area contributed by atoms with Crippen LogP contribution in [0.1, 0.15) is 19.8 Å². The zero-order chi connectivity index (χ0) is 15.2. The van der Waals surface area contributed by atoms with E-state index in [9.17, 15) is 9.90 Å². The molecule has 1 aliphatic rings. The van der Waals surface area contributed by atoms with Crippen LogP contribution in [0.15, 0.2) is 29.2 Å². The van der Waals surface area contributed by atoms with Gasteiger partial charge in [-0.15, -0.1) is 11.8 Å². The molecule has 4 nitrogen and oxygen atoms in total. The van der Waals surface area contributed by atoms with Gasteiger partial charge < -0.3 is 10.4 Å².